The molecular weight excluding hydrogens is 188 g/mol. The number of nitrogens with two attached hydrogens (primary N) is 1. The molecule has 0 aliphatic carbocycles. The van der Waals surface area contributed by atoms with E-state index in [0.717, 1.165) is 42.8 Å². The summed E-state index contributed by atoms with van der Waals surface area (Å²) in [6.07, 6.45) is 5.28. The van der Waals surface area contributed by atoms with Gasteiger partial charge in [0.05, 0.1) is 0 Å². The van der Waals surface area contributed by atoms with Crippen molar-refractivity contribution in [2.24, 2.45) is 5.73 Å². The lowest BCUT2D eigenvalue weighted by atomic mass is 10.1. The van der Waals surface area contributed by atoms with Crippen LogP contribution in [0.15, 0.2) is 30.0 Å². The second-order valence-electron chi connectivity index (χ2n) is 3.66. The molecule has 80 valence electrons. The minimum Gasteiger partial charge on any atom is -0.382 e. The summed E-state index contributed by atoms with van der Waals surface area (Å²) in [6.45, 7) is 0.755. The van der Waals surface area contributed by atoms with Gasteiger partial charge in [0.1, 0.15) is 0 Å². The Morgan fingerprint density at radius 1 is 1.20 bits per heavy atom. The molecule has 0 amide bonds. The van der Waals surface area contributed by atoms with Crippen LogP contribution in [0.25, 0.3) is 6.08 Å². The van der Waals surface area contributed by atoms with E-state index in [1.165, 1.54) is 0 Å². The number of allylic oxidation sites excluding steroid dienone is 1. The molecule has 1 aliphatic heterocycles. The van der Waals surface area contributed by atoms with Crippen LogP contribution in [-0.2, 0) is 0 Å². The fourth-order valence-corrected chi connectivity index (χ4v) is 1.61. The molecule has 1 heterocycles. The van der Waals surface area contributed by atoms with Crippen molar-refractivity contribution >= 4 is 6.08 Å². The van der Waals surface area contributed by atoms with Crippen molar-refractivity contribution in [3.05, 3.63) is 35.5 Å². The van der Waals surface area contributed by atoms with Gasteiger partial charge < -0.3 is 10.6 Å². The van der Waals surface area contributed by atoms with Gasteiger partial charge in [0.2, 0.25) is 0 Å². The van der Waals surface area contributed by atoms with Gasteiger partial charge in [-0.2, -0.15) is 0 Å². The van der Waals surface area contributed by atoms with Crippen molar-refractivity contribution in [3.8, 4) is 5.75 Å². The first-order valence-corrected chi connectivity index (χ1v) is 5.32. The monoisotopic (exact) mass is 204 g/mol. The van der Waals surface area contributed by atoms with Gasteiger partial charge in [-0.15, -0.1) is 0 Å². The average molecular weight is 204 g/mol. The largest absolute Gasteiger partial charge is 0.382 e. The maximum absolute atomic E-state index is 5.45. The summed E-state index contributed by atoms with van der Waals surface area (Å²) in [7, 11) is 0. The highest BCUT2D eigenvalue weighted by Gasteiger charge is 2.09. The number of fused-ring (bicyclic) bond motifs is 1. The van der Waals surface area contributed by atoms with Crippen LogP contribution in [0, 0.1) is 0 Å². The second-order valence-corrected chi connectivity index (χ2v) is 3.66. The van der Waals surface area contributed by atoms with Crippen LogP contribution in [0.3, 0.4) is 0 Å². The third-order valence-corrected chi connectivity index (χ3v) is 2.44. The van der Waals surface area contributed by atoms with E-state index in [1.54, 1.807) is 0 Å². The van der Waals surface area contributed by atoms with Crippen LogP contribution in [0.1, 0.15) is 24.8 Å². The Balaban J connectivity index is 2.02. The fraction of sp³-hybridized carbons (Fsp3) is 0.333. The molecule has 0 saturated carbocycles. The predicted octanol–water partition coefficient (Wildman–Crippen LogP) is 2.05. The number of benzene rings is 1. The quantitative estimate of drug-likeness (QED) is 0.738. The van der Waals surface area contributed by atoms with Crippen molar-refractivity contribution in [1.82, 2.24) is 5.48 Å². The molecule has 0 saturated heterocycles. The molecule has 0 unspecified atom stereocenters. The van der Waals surface area contributed by atoms with Crippen LogP contribution < -0.4 is 16.1 Å². The summed E-state index contributed by atoms with van der Waals surface area (Å²) in [5, 5.41) is 0. The number of unbranched alkanes of at least 4 members (excludes halogenated alkanes) is 1. The van der Waals surface area contributed by atoms with E-state index in [-0.39, 0.29) is 0 Å². The summed E-state index contributed by atoms with van der Waals surface area (Å²) in [5.74, 6) is 0.889. The van der Waals surface area contributed by atoms with Crippen molar-refractivity contribution in [3.63, 3.8) is 0 Å². The molecule has 0 fully saturated rings. The molecule has 0 atom stereocenters. The third-order valence-electron chi connectivity index (χ3n) is 2.44. The molecule has 0 aromatic heterocycles. The first-order valence-electron chi connectivity index (χ1n) is 5.32. The van der Waals surface area contributed by atoms with Crippen LogP contribution in [0.2, 0.25) is 0 Å². The molecule has 2 rings (SSSR count). The standard InChI is InChI=1S/C12H16N2O/c13-8-4-3-6-11-9-10-5-1-2-7-12(10)15-14-11/h1-2,5,7,9,14H,3-4,6,8,13H2. The lowest BCUT2D eigenvalue weighted by molar-refractivity contribution is 0.220. The van der Waals surface area contributed by atoms with Gasteiger partial charge in [-0.3, -0.25) is 0 Å². The van der Waals surface area contributed by atoms with E-state index < -0.39 is 0 Å². The van der Waals surface area contributed by atoms with Crippen LogP contribution >= 0.6 is 0 Å². The van der Waals surface area contributed by atoms with Crippen molar-refractivity contribution in [2.75, 3.05) is 6.54 Å². The van der Waals surface area contributed by atoms with Crippen LogP contribution in [-0.4, -0.2) is 6.54 Å². The predicted molar refractivity (Wildman–Crippen MR) is 61.1 cm³/mol. The summed E-state index contributed by atoms with van der Waals surface area (Å²) in [5.41, 5.74) is 10.7. The highest BCUT2D eigenvalue weighted by molar-refractivity contribution is 5.60. The van der Waals surface area contributed by atoms with Gasteiger partial charge in [0.25, 0.3) is 0 Å². The van der Waals surface area contributed by atoms with Gasteiger partial charge >= 0.3 is 0 Å². The van der Waals surface area contributed by atoms with Gasteiger partial charge in [-0.25, -0.2) is 5.48 Å². The third kappa shape index (κ3) is 2.50. The summed E-state index contributed by atoms with van der Waals surface area (Å²) in [6, 6.07) is 7.99. The first kappa shape index (κ1) is 10.1. The Bertz CT molecular complexity index is 360. The van der Waals surface area contributed by atoms with Crippen LogP contribution in [0.4, 0.5) is 0 Å². The maximum Gasteiger partial charge on any atom is 0.162 e. The number of rotatable bonds is 4. The molecule has 0 bridgehead atoms. The van der Waals surface area contributed by atoms with Gasteiger partial charge in [-0.05, 0) is 37.9 Å². The Labute approximate surface area is 89.9 Å². The van der Waals surface area contributed by atoms with E-state index in [2.05, 4.69) is 17.6 Å². The molecule has 3 heteroatoms. The molecule has 1 aromatic rings. The zero-order valence-corrected chi connectivity index (χ0v) is 8.70. The van der Waals surface area contributed by atoms with Gasteiger partial charge in [-0.1, -0.05) is 18.2 Å². The fourth-order valence-electron chi connectivity index (χ4n) is 1.61. The van der Waals surface area contributed by atoms with Gasteiger partial charge in [0, 0.05) is 11.3 Å². The maximum atomic E-state index is 5.45. The normalized spacial score (nSPS) is 13.5. The zero-order valence-electron chi connectivity index (χ0n) is 8.70. The molecule has 0 radical (unpaired) electrons. The molecule has 3 N–H and O–H groups in total. The van der Waals surface area contributed by atoms with E-state index in [0.29, 0.717) is 0 Å². The Morgan fingerprint density at radius 3 is 2.93 bits per heavy atom. The Hall–Kier alpha value is -1.48. The molecular formula is C12H16N2O. The number of hydrogen-bond acceptors (Lipinski definition) is 3. The smallest absolute Gasteiger partial charge is 0.162 e. The Kier molecular flexibility index (Phi) is 3.25. The number of para-hydroxylation sites is 1. The highest BCUT2D eigenvalue weighted by Crippen LogP contribution is 2.24. The molecule has 1 aliphatic rings. The lowest BCUT2D eigenvalue weighted by Gasteiger charge is -2.18. The number of hydroxylamine groups is 1. The molecule has 15 heavy (non-hydrogen) atoms. The van der Waals surface area contributed by atoms with E-state index in [1.807, 2.05) is 18.2 Å². The molecule has 0 spiro atoms. The lowest BCUT2D eigenvalue weighted by Crippen LogP contribution is -2.21. The van der Waals surface area contributed by atoms with E-state index in [4.69, 9.17) is 10.6 Å². The van der Waals surface area contributed by atoms with Crippen LogP contribution in [0.5, 0.6) is 5.75 Å². The summed E-state index contributed by atoms with van der Waals surface area (Å²) >= 11 is 0. The minimum atomic E-state index is 0.755. The van der Waals surface area contributed by atoms with Crippen molar-refractivity contribution in [2.45, 2.75) is 19.3 Å². The van der Waals surface area contributed by atoms with Crippen molar-refractivity contribution in [1.29, 1.82) is 0 Å². The highest BCUT2D eigenvalue weighted by atomic mass is 16.6. The number of nitrogens with one attached hydrogen (secondary N) is 1. The minimum absolute atomic E-state index is 0.755. The van der Waals surface area contributed by atoms with Crippen molar-refractivity contribution < 1.29 is 4.84 Å². The zero-order chi connectivity index (χ0) is 10.5. The Morgan fingerprint density at radius 2 is 2.07 bits per heavy atom. The molecule has 1 aromatic carbocycles. The van der Waals surface area contributed by atoms with Gasteiger partial charge in [0.15, 0.2) is 5.75 Å². The average Bonchev–Trinajstić information content (AvgIpc) is 2.29. The summed E-state index contributed by atoms with van der Waals surface area (Å²) in [4.78, 5) is 5.42. The topological polar surface area (TPSA) is 47.3 Å². The SMILES string of the molecule is NCCCCC1=Cc2ccccc2ON1. The number of hydrogen-bond donors (Lipinski definition) is 2. The molecule has 3 nitrogen and oxygen atoms in total. The summed E-state index contributed by atoms with van der Waals surface area (Å²) < 4.78 is 0. The van der Waals surface area contributed by atoms with E-state index >= 15 is 0 Å². The first-order chi connectivity index (χ1) is 7.40. The second kappa shape index (κ2) is 4.84. The van der Waals surface area contributed by atoms with E-state index in [9.17, 15) is 0 Å².